The zero-order chi connectivity index (χ0) is 18.7. The molecule has 3 aromatic heterocycles. The van der Waals surface area contributed by atoms with E-state index in [1.165, 1.54) is 0 Å². The normalized spacial score (nSPS) is 11.1. The molecular formula is C17H22BrN7O. The van der Waals surface area contributed by atoms with Gasteiger partial charge < -0.3 is 5.32 Å². The molecule has 3 heterocycles. The summed E-state index contributed by atoms with van der Waals surface area (Å²) in [6.45, 7) is 7.70. The number of rotatable bonds is 7. The summed E-state index contributed by atoms with van der Waals surface area (Å²) in [6, 6.07) is 3.68. The van der Waals surface area contributed by atoms with Crippen LogP contribution < -0.4 is 5.32 Å². The van der Waals surface area contributed by atoms with E-state index in [4.69, 9.17) is 0 Å². The Kier molecular flexibility index (Phi) is 5.55. The van der Waals surface area contributed by atoms with E-state index in [1.54, 1.807) is 16.9 Å². The third-order valence-corrected chi connectivity index (χ3v) is 5.22. The minimum atomic E-state index is -0.171. The summed E-state index contributed by atoms with van der Waals surface area (Å²) < 4.78 is 6.42. The zero-order valence-electron chi connectivity index (χ0n) is 15.1. The number of hydrogen-bond acceptors (Lipinski definition) is 4. The van der Waals surface area contributed by atoms with Crippen molar-refractivity contribution >= 4 is 21.8 Å². The second-order valence-electron chi connectivity index (χ2n) is 6.20. The average Bonchev–Trinajstić information content (AvgIpc) is 3.30. The van der Waals surface area contributed by atoms with Crippen LogP contribution in [0.1, 0.15) is 34.0 Å². The standard InChI is InChI=1S/C17H22BrN7O/c1-12-5-9-23(20-12)8-4-7-19-17(26)15-6-10-24(22-15)11-25-14(3)16(18)13(2)21-25/h5-6,9-10H,4,7-8,11H2,1-3H3,(H,19,26). The maximum Gasteiger partial charge on any atom is 0.271 e. The van der Waals surface area contributed by atoms with Crippen molar-refractivity contribution in [1.29, 1.82) is 0 Å². The highest BCUT2D eigenvalue weighted by Gasteiger charge is 2.12. The van der Waals surface area contributed by atoms with E-state index in [1.807, 2.05) is 42.4 Å². The average molecular weight is 420 g/mol. The van der Waals surface area contributed by atoms with E-state index in [9.17, 15) is 4.79 Å². The number of aryl methyl sites for hydroxylation is 3. The third kappa shape index (κ3) is 4.21. The van der Waals surface area contributed by atoms with E-state index in [2.05, 4.69) is 36.5 Å². The van der Waals surface area contributed by atoms with Crippen LogP contribution in [0, 0.1) is 20.8 Å². The smallest absolute Gasteiger partial charge is 0.271 e. The van der Waals surface area contributed by atoms with Crippen LogP contribution in [0.4, 0.5) is 0 Å². The lowest BCUT2D eigenvalue weighted by Gasteiger charge is -2.05. The fourth-order valence-corrected chi connectivity index (χ4v) is 2.92. The number of aromatic nitrogens is 6. The molecule has 1 amide bonds. The second-order valence-corrected chi connectivity index (χ2v) is 6.99. The molecule has 0 bridgehead atoms. The van der Waals surface area contributed by atoms with Gasteiger partial charge >= 0.3 is 0 Å². The molecule has 0 aliphatic heterocycles. The lowest BCUT2D eigenvalue weighted by molar-refractivity contribution is 0.0946. The van der Waals surface area contributed by atoms with Crippen LogP contribution in [-0.2, 0) is 13.2 Å². The molecule has 0 aliphatic rings. The highest BCUT2D eigenvalue weighted by atomic mass is 79.9. The molecule has 3 aromatic rings. The highest BCUT2D eigenvalue weighted by molar-refractivity contribution is 9.10. The molecule has 0 spiro atoms. The third-order valence-electron chi connectivity index (χ3n) is 4.07. The van der Waals surface area contributed by atoms with Gasteiger partial charge in [0.2, 0.25) is 0 Å². The van der Waals surface area contributed by atoms with Crippen molar-refractivity contribution in [3.8, 4) is 0 Å². The van der Waals surface area contributed by atoms with Gasteiger partial charge in [0.1, 0.15) is 12.4 Å². The van der Waals surface area contributed by atoms with Gasteiger partial charge in [-0.2, -0.15) is 15.3 Å². The summed E-state index contributed by atoms with van der Waals surface area (Å²) in [6.07, 6.45) is 4.54. The summed E-state index contributed by atoms with van der Waals surface area (Å²) in [4.78, 5) is 12.2. The predicted molar refractivity (Wildman–Crippen MR) is 101 cm³/mol. The van der Waals surface area contributed by atoms with Gasteiger partial charge in [0.25, 0.3) is 5.91 Å². The van der Waals surface area contributed by atoms with E-state index >= 15 is 0 Å². The van der Waals surface area contributed by atoms with Crippen molar-refractivity contribution in [2.45, 2.75) is 40.4 Å². The topological polar surface area (TPSA) is 82.6 Å². The molecule has 26 heavy (non-hydrogen) atoms. The Balaban J connectivity index is 1.50. The first-order chi connectivity index (χ1) is 12.4. The highest BCUT2D eigenvalue weighted by Crippen LogP contribution is 2.19. The summed E-state index contributed by atoms with van der Waals surface area (Å²) in [7, 11) is 0. The molecule has 0 saturated carbocycles. The van der Waals surface area contributed by atoms with Gasteiger partial charge in [-0.05, 0) is 55.3 Å². The molecule has 0 aliphatic carbocycles. The van der Waals surface area contributed by atoms with Crippen molar-refractivity contribution in [1.82, 2.24) is 34.7 Å². The summed E-state index contributed by atoms with van der Waals surface area (Å²) >= 11 is 3.51. The maximum atomic E-state index is 12.2. The van der Waals surface area contributed by atoms with Crippen molar-refractivity contribution in [2.24, 2.45) is 0 Å². The molecule has 9 heteroatoms. The monoisotopic (exact) mass is 419 g/mol. The molecule has 0 atom stereocenters. The number of nitrogens with zero attached hydrogens (tertiary/aromatic N) is 6. The molecule has 0 radical (unpaired) electrons. The van der Waals surface area contributed by atoms with Crippen molar-refractivity contribution in [3.05, 3.63) is 51.8 Å². The first-order valence-electron chi connectivity index (χ1n) is 8.45. The zero-order valence-corrected chi connectivity index (χ0v) is 16.7. The van der Waals surface area contributed by atoms with Gasteiger partial charge in [-0.1, -0.05) is 0 Å². The Morgan fingerprint density at radius 2 is 1.88 bits per heavy atom. The molecule has 1 N–H and O–H groups in total. The van der Waals surface area contributed by atoms with E-state index in [0.29, 0.717) is 18.9 Å². The molecule has 3 rings (SSSR count). The van der Waals surface area contributed by atoms with E-state index in [0.717, 1.165) is 34.5 Å². The minimum Gasteiger partial charge on any atom is -0.351 e. The fourth-order valence-electron chi connectivity index (χ4n) is 2.63. The van der Waals surface area contributed by atoms with Crippen LogP contribution in [0.5, 0.6) is 0 Å². The molecular weight excluding hydrogens is 398 g/mol. The summed E-state index contributed by atoms with van der Waals surface area (Å²) in [5.74, 6) is -0.171. The van der Waals surface area contributed by atoms with Gasteiger partial charge in [0, 0.05) is 25.5 Å². The number of hydrogen-bond donors (Lipinski definition) is 1. The number of nitrogens with one attached hydrogen (secondary N) is 1. The Hall–Kier alpha value is -2.42. The molecule has 0 fully saturated rings. The van der Waals surface area contributed by atoms with Crippen LogP contribution in [0.25, 0.3) is 0 Å². The van der Waals surface area contributed by atoms with Gasteiger partial charge in [0.15, 0.2) is 0 Å². The van der Waals surface area contributed by atoms with Gasteiger partial charge in [-0.3, -0.25) is 14.2 Å². The predicted octanol–water partition coefficient (Wildman–Crippen LogP) is 2.29. The van der Waals surface area contributed by atoms with E-state index in [-0.39, 0.29) is 5.91 Å². The molecule has 0 unspecified atom stereocenters. The second kappa shape index (κ2) is 7.86. The molecule has 0 saturated heterocycles. The number of carbonyl (C=O) groups is 1. The Morgan fingerprint density at radius 3 is 2.54 bits per heavy atom. The summed E-state index contributed by atoms with van der Waals surface area (Å²) in [5.41, 5.74) is 3.35. The fraction of sp³-hybridized carbons (Fsp3) is 0.412. The number of carbonyl (C=O) groups excluding carboxylic acids is 1. The lowest BCUT2D eigenvalue weighted by atomic mass is 10.3. The maximum absolute atomic E-state index is 12.2. The quantitative estimate of drug-likeness (QED) is 0.595. The largest absolute Gasteiger partial charge is 0.351 e. The molecule has 0 aromatic carbocycles. The SMILES string of the molecule is Cc1ccn(CCCNC(=O)c2ccn(Cn3nc(C)c(Br)c3C)n2)n1. The lowest BCUT2D eigenvalue weighted by Crippen LogP contribution is -2.26. The van der Waals surface area contributed by atoms with Crippen LogP contribution in [0.3, 0.4) is 0 Å². The van der Waals surface area contributed by atoms with Crippen molar-refractivity contribution in [3.63, 3.8) is 0 Å². The first-order valence-corrected chi connectivity index (χ1v) is 9.24. The molecule has 8 nitrogen and oxygen atoms in total. The van der Waals surface area contributed by atoms with Crippen LogP contribution >= 0.6 is 15.9 Å². The van der Waals surface area contributed by atoms with Gasteiger partial charge in [-0.15, -0.1) is 0 Å². The number of amides is 1. The van der Waals surface area contributed by atoms with Gasteiger partial charge in [-0.25, -0.2) is 4.68 Å². The summed E-state index contributed by atoms with van der Waals surface area (Å²) in [5, 5.41) is 16.0. The van der Waals surface area contributed by atoms with Crippen LogP contribution in [0.2, 0.25) is 0 Å². The van der Waals surface area contributed by atoms with Crippen LogP contribution in [-0.4, -0.2) is 41.8 Å². The van der Waals surface area contributed by atoms with Gasteiger partial charge in [0.05, 0.1) is 21.6 Å². The number of halogens is 1. The Bertz CT molecular complexity index is 908. The Labute approximate surface area is 160 Å². The molecule has 138 valence electrons. The minimum absolute atomic E-state index is 0.171. The van der Waals surface area contributed by atoms with E-state index < -0.39 is 0 Å². The first kappa shape index (κ1) is 18.4. The van der Waals surface area contributed by atoms with Crippen LogP contribution in [0.15, 0.2) is 29.0 Å². The van der Waals surface area contributed by atoms with Crippen molar-refractivity contribution in [2.75, 3.05) is 6.54 Å². The Morgan fingerprint density at radius 1 is 1.12 bits per heavy atom. The van der Waals surface area contributed by atoms with Crippen molar-refractivity contribution < 1.29 is 4.79 Å².